The number of nitrogens with zero attached hydrogens (tertiary/aromatic N) is 3. The summed E-state index contributed by atoms with van der Waals surface area (Å²) in [6.45, 7) is 2.59. The lowest BCUT2D eigenvalue weighted by atomic mass is 9.99. The quantitative estimate of drug-likeness (QED) is 0.569. The Kier molecular flexibility index (Phi) is 6.86. The number of carboxylic acids is 2. The minimum absolute atomic E-state index is 0.293. The predicted octanol–water partition coefficient (Wildman–Crippen LogP) is 3.86. The van der Waals surface area contributed by atoms with Gasteiger partial charge in [0.25, 0.3) is 0 Å². The van der Waals surface area contributed by atoms with Crippen molar-refractivity contribution in [2.45, 2.75) is 12.5 Å². The number of hydrogen-bond donors (Lipinski definition) is 2. The molecule has 3 heterocycles. The summed E-state index contributed by atoms with van der Waals surface area (Å²) in [5.74, 6) is -1.98. The fourth-order valence-electron chi connectivity index (χ4n) is 2.66. The zero-order valence-corrected chi connectivity index (χ0v) is 17.1. The van der Waals surface area contributed by atoms with E-state index >= 15 is 0 Å². The Labute approximate surface area is 179 Å². The Morgan fingerprint density at radius 2 is 1.93 bits per heavy atom. The van der Waals surface area contributed by atoms with Gasteiger partial charge in [-0.2, -0.15) is 16.3 Å². The molecular formula is C18H15Cl2N3O5S. The third kappa shape index (κ3) is 5.54. The monoisotopic (exact) mass is 455 g/mol. The van der Waals surface area contributed by atoms with Gasteiger partial charge < -0.3 is 14.7 Å². The molecule has 0 saturated carbocycles. The number of carbonyl (C=O) groups is 2. The van der Waals surface area contributed by atoms with E-state index in [0.717, 1.165) is 30.8 Å². The first-order valence-electron chi connectivity index (χ1n) is 8.32. The third-order valence-corrected chi connectivity index (χ3v) is 5.39. The van der Waals surface area contributed by atoms with E-state index in [1.807, 2.05) is 29.0 Å². The van der Waals surface area contributed by atoms with Crippen LogP contribution < -0.4 is 0 Å². The Balaban J connectivity index is 0.000000353. The summed E-state index contributed by atoms with van der Waals surface area (Å²) < 4.78 is 5.40. The van der Waals surface area contributed by atoms with E-state index in [2.05, 4.69) is 15.0 Å². The fraction of sp³-hybridized carbons (Fsp3) is 0.222. The molecule has 2 N–H and O–H groups in total. The highest BCUT2D eigenvalue weighted by Crippen LogP contribution is 2.31. The van der Waals surface area contributed by atoms with Gasteiger partial charge in [-0.15, -0.1) is 0 Å². The van der Waals surface area contributed by atoms with Crippen molar-refractivity contribution >= 4 is 46.5 Å². The number of aromatic nitrogens is 2. The van der Waals surface area contributed by atoms with Crippen LogP contribution in [0, 0.1) is 0 Å². The van der Waals surface area contributed by atoms with Crippen LogP contribution in [0.1, 0.15) is 17.4 Å². The Morgan fingerprint density at radius 1 is 1.21 bits per heavy atom. The molecule has 0 atom stereocenters. The zero-order chi connectivity index (χ0) is 21.0. The number of carboxylic acid groups (broad SMARTS) is 2. The first-order chi connectivity index (χ1) is 13.8. The summed E-state index contributed by atoms with van der Waals surface area (Å²) in [5, 5.41) is 24.2. The van der Waals surface area contributed by atoms with Crippen molar-refractivity contribution in [2.75, 3.05) is 13.1 Å². The standard InChI is InChI=1S/C16H13Cl2N3OS.C2H2O4/c17-13-2-1-10(14(18)5-13)6-21-7-12(8-21)16-19-15(20-22-16)11-3-4-23-9-11;3-1(4)2(5)6/h1-5,9,12H,6-8H2;(H,3,4)(H,5,6). The second-order valence-corrected chi connectivity index (χ2v) is 7.83. The van der Waals surface area contributed by atoms with Crippen LogP contribution in [-0.2, 0) is 16.1 Å². The average molecular weight is 456 g/mol. The number of halogens is 2. The van der Waals surface area contributed by atoms with E-state index in [0.29, 0.717) is 27.7 Å². The molecule has 152 valence electrons. The van der Waals surface area contributed by atoms with Gasteiger partial charge in [0.1, 0.15) is 0 Å². The molecule has 0 radical (unpaired) electrons. The first kappa shape index (κ1) is 21.3. The molecule has 2 aromatic heterocycles. The van der Waals surface area contributed by atoms with E-state index in [4.69, 9.17) is 47.5 Å². The normalized spacial score (nSPS) is 14.0. The zero-order valence-electron chi connectivity index (χ0n) is 14.8. The smallest absolute Gasteiger partial charge is 0.414 e. The van der Waals surface area contributed by atoms with Crippen molar-refractivity contribution in [3.8, 4) is 11.4 Å². The summed E-state index contributed by atoms with van der Waals surface area (Å²) in [6, 6.07) is 7.61. The lowest BCUT2D eigenvalue weighted by Crippen LogP contribution is -2.44. The SMILES string of the molecule is Clc1ccc(CN2CC(c3nc(-c4ccsc4)no3)C2)c(Cl)c1.O=C(O)C(=O)O. The number of hydrogen-bond acceptors (Lipinski definition) is 7. The van der Waals surface area contributed by atoms with Crippen molar-refractivity contribution < 1.29 is 24.3 Å². The maximum Gasteiger partial charge on any atom is 0.414 e. The molecular weight excluding hydrogens is 441 g/mol. The van der Waals surface area contributed by atoms with Gasteiger partial charge in [0.05, 0.1) is 5.92 Å². The molecule has 0 spiro atoms. The molecule has 1 aromatic carbocycles. The van der Waals surface area contributed by atoms with Gasteiger partial charge in [0.2, 0.25) is 11.7 Å². The Bertz CT molecular complexity index is 991. The molecule has 1 aliphatic rings. The second-order valence-electron chi connectivity index (χ2n) is 6.21. The van der Waals surface area contributed by atoms with Gasteiger partial charge in [0.15, 0.2) is 0 Å². The Morgan fingerprint density at radius 3 is 2.52 bits per heavy atom. The molecule has 1 saturated heterocycles. The average Bonchev–Trinajstić information content (AvgIpc) is 3.31. The molecule has 11 heteroatoms. The van der Waals surface area contributed by atoms with E-state index in [9.17, 15) is 0 Å². The molecule has 8 nitrogen and oxygen atoms in total. The second kappa shape index (κ2) is 9.36. The molecule has 1 aliphatic heterocycles. The molecule has 0 amide bonds. The molecule has 0 aliphatic carbocycles. The van der Waals surface area contributed by atoms with Crippen LogP contribution in [0.2, 0.25) is 10.0 Å². The molecule has 1 fully saturated rings. The lowest BCUT2D eigenvalue weighted by molar-refractivity contribution is -0.159. The van der Waals surface area contributed by atoms with Crippen LogP contribution in [0.15, 0.2) is 39.5 Å². The maximum atomic E-state index is 9.10. The van der Waals surface area contributed by atoms with Gasteiger partial charge in [-0.25, -0.2) is 9.59 Å². The van der Waals surface area contributed by atoms with E-state index in [1.54, 1.807) is 17.4 Å². The first-order valence-corrected chi connectivity index (χ1v) is 10.0. The van der Waals surface area contributed by atoms with Gasteiger partial charge in [-0.05, 0) is 29.1 Å². The highest BCUT2D eigenvalue weighted by Gasteiger charge is 2.32. The Hall–Kier alpha value is -2.46. The molecule has 29 heavy (non-hydrogen) atoms. The lowest BCUT2D eigenvalue weighted by Gasteiger charge is -2.37. The molecule has 0 bridgehead atoms. The van der Waals surface area contributed by atoms with Gasteiger partial charge >= 0.3 is 11.9 Å². The minimum atomic E-state index is -1.82. The summed E-state index contributed by atoms with van der Waals surface area (Å²) in [4.78, 5) is 25.0. The van der Waals surface area contributed by atoms with Crippen LogP contribution >= 0.6 is 34.5 Å². The van der Waals surface area contributed by atoms with Crippen molar-refractivity contribution in [1.82, 2.24) is 15.0 Å². The fourth-order valence-corrected chi connectivity index (χ4v) is 3.76. The van der Waals surface area contributed by atoms with Crippen LogP contribution in [-0.4, -0.2) is 50.3 Å². The number of thiophene rings is 1. The van der Waals surface area contributed by atoms with Crippen LogP contribution in [0.25, 0.3) is 11.4 Å². The summed E-state index contributed by atoms with van der Waals surface area (Å²) in [6.07, 6.45) is 0. The number of rotatable bonds is 4. The van der Waals surface area contributed by atoms with Crippen molar-refractivity contribution in [1.29, 1.82) is 0 Å². The maximum absolute atomic E-state index is 9.10. The van der Waals surface area contributed by atoms with E-state index in [-0.39, 0.29) is 0 Å². The van der Waals surface area contributed by atoms with E-state index in [1.165, 1.54) is 0 Å². The van der Waals surface area contributed by atoms with Crippen molar-refractivity contribution in [3.05, 3.63) is 56.5 Å². The largest absolute Gasteiger partial charge is 0.473 e. The van der Waals surface area contributed by atoms with E-state index < -0.39 is 11.9 Å². The predicted molar refractivity (Wildman–Crippen MR) is 107 cm³/mol. The number of benzene rings is 1. The minimum Gasteiger partial charge on any atom is -0.473 e. The van der Waals surface area contributed by atoms with Crippen LogP contribution in [0.3, 0.4) is 0 Å². The topological polar surface area (TPSA) is 117 Å². The molecule has 0 unspecified atom stereocenters. The summed E-state index contributed by atoms with van der Waals surface area (Å²) in [7, 11) is 0. The van der Waals surface area contributed by atoms with Crippen LogP contribution in [0.5, 0.6) is 0 Å². The number of aliphatic carboxylic acids is 2. The van der Waals surface area contributed by atoms with Crippen molar-refractivity contribution in [3.63, 3.8) is 0 Å². The summed E-state index contributed by atoms with van der Waals surface area (Å²) >= 11 is 13.8. The van der Waals surface area contributed by atoms with Crippen LogP contribution in [0.4, 0.5) is 0 Å². The highest BCUT2D eigenvalue weighted by molar-refractivity contribution is 7.08. The summed E-state index contributed by atoms with van der Waals surface area (Å²) in [5.41, 5.74) is 2.09. The van der Waals surface area contributed by atoms with Gasteiger partial charge in [-0.1, -0.05) is 34.4 Å². The van der Waals surface area contributed by atoms with Crippen molar-refractivity contribution in [2.24, 2.45) is 0 Å². The molecule has 3 aromatic rings. The van der Waals surface area contributed by atoms with Gasteiger partial charge in [0, 0.05) is 40.6 Å². The third-order valence-electron chi connectivity index (χ3n) is 4.12. The highest BCUT2D eigenvalue weighted by atomic mass is 35.5. The van der Waals surface area contributed by atoms with Gasteiger partial charge in [-0.3, -0.25) is 4.90 Å². The molecule has 4 rings (SSSR count). The number of likely N-dealkylation sites (tertiary alicyclic amines) is 1.